The van der Waals surface area contributed by atoms with E-state index in [2.05, 4.69) is 0 Å². The van der Waals surface area contributed by atoms with Gasteiger partial charge in [0.25, 0.3) is 0 Å². The second-order valence-electron chi connectivity index (χ2n) is 3.53. The topological polar surface area (TPSA) is 38.7 Å². The molecule has 0 amide bonds. The Balaban J connectivity index is 2.12. The normalized spacial score (nSPS) is 24.7. The molecule has 2 atom stereocenters. The summed E-state index contributed by atoms with van der Waals surface area (Å²) in [6.07, 6.45) is 3.34. The molecule has 1 aromatic rings. The van der Waals surface area contributed by atoms with Gasteiger partial charge in [0.1, 0.15) is 11.9 Å². The van der Waals surface area contributed by atoms with Gasteiger partial charge in [0.15, 0.2) is 0 Å². The maximum absolute atomic E-state index is 9.45. The van der Waals surface area contributed by atoms with Crippen molar-refractivity contribution in [1.82, 2.24) is 0 Å². The van der Waals surface area contributed by atoms with Crippen molar-refractivity contribution in [2.24, 2.45) is 0 Å². The molecule has 0 aliphatic carbocycles. The van der Waals surface area contributed by atoms with Gasteiger partial charge in [0.05, 0.1) is 19.5 Å². The zero-order chi connectivity index (χ0) is 10.7. The molecule has 0 aromatic heterocycles. The standard InChI is InChI=1S/C12H14O3/c1-14-11-4-2-9(3-5-11)12-8-10(13)6-7-15-12/h2-7,10,12-13H,8H2,1H3/t10-,12+/m0/s1. The number of aliphatic hydroxyl groups excluding tert-OH is 1. The average molecular weight is 206 g/mol. The fourth-order valence-electron chi connectivity index (χ4n) is 1.62. The summed E-state index contributed by atoms with van der Waals surface area (Å²) in [5, 5.41) is 9.45. The average Bonchev–Trinajstić information content (AvgIpc) is 2.29. The highest BCUT2D eigenvalue weighted by atomic mass is 16.5. The van der Waals surface area contributed by atoms with Crippen molar-refractivity contribution in [3.8, 4) is 5.75 Å². The summed E-state index contributed by atoms with van der Waals surface area (Å²) in [5.74, 6) is 0.825. The van der Waals surface area contributed by atoms with Crippen LogP contribution in [0.15, 0.2) is 36.6 Å². The van der Waals surface area contributed by atoms with Crippen molar-refractivity contribution in [1.29, 1.82) is 0 Å². The smallest absolute Gasteiger partial charge is 0.126 e. The van der Waals surface area contributed by atoms with Crippen LogP contribution in [0, 0.1) is 0 Å². The SMILES string of the molecule is COc1ccc([C@H]2C[C@@H](O)C=CO2)cc1. The molecule has 0 fully saturated rings. The van der Waals surface area contributed by atoms with Gasteiger partial charge in [-0.05, 0) is 23.8 Å². The number of ether oxygens (including phenoxy) is 2. The molecule has 0 saturated carbocycles. The van der Waals surface area contributed by atoms with Crippen LogP contribution in [0.4, 0.5) is 0 Å². The van der Waals surface area contributed by atoms with Gasteiger partial charge in [-0.3, -0.25) is 0 Å². The van der Waals surface area contributed by atoms with Gasteiger partial charge < -0.3 is 14.6 Å². The largest absolute Gasteiger partial charge is 0.497 e. The Kier molecular flexibility index (Phi) is 2.92. The van der Waals surface area contributed by atoms with E-state index in [-0.39, 0.29) is 6.10 Å². The van der Waals surface area contributed by atoms with Crippen LogP contribution in [-0.4, -0.2) is 18.3 Å². The zero-order valence-electron chi connectivity index (χ0n) is 8.59. The van der Waals surface area contributed by atoms with E-state index in [9.17, 15) is 5.11 Å². The molecular formula is C12H14O3. The molecule has 0 radical (unpaired) electrons. The monoisotopic (exact) mass is 206 g/mol. The Bertz CT molecular complexity index is 342. The first-order valence-electron chi connectivity index (χ1n) is 4.94. The van der Waals surface area contributed by atoms with E-state index in [0.29, 0.717) is 6.42 Å². The number of hydrogen-bond acceptors (Lipinski definition) is 3. The van der Waals surface area contributed by atoms with Crippen molar-refractivity contribution in [2.45, 2.75) is 18.6 Å². The Morgan fingerprint density at radius 1 is 1.33 bits per heavy atom. The summed E-state index contributed by atoms with van der Waals surface area (Å²) in [5.41, 5.74) is 1.05. The van der Waals surface area contributed by atoms with Crippen LogP contribution in [0.25, 0.3) is 0 Å². The molecular weight excluding hydrogens is 192 g/mol. The molecule has 0 bridgehead atoms. The van der Waals surface area contributed by atoms with Crippen LogP contribution in [-0.2, 0) is 4.74 Å². The number of rotatable bonds is 2. The molecule has 1 heterocycles. The van der Waals surface area contributed by atoms with Crippen molar-refractivity contribution in [3.05, 3.63) is 42.2 Å². The minimum absolute atomic E-state index is 0.0593. The number of benzene rings is 1. The number of methoxy groups -OCH3 is 1. The van der Waals surface area contributed by atoms with Gasteiger partial charge in [-0.15, -0.1) is 0 Å². The molecule has 0 saturated heterocycles. The molecule has 1 aliphatic rings. The summed E-state index contributed by atoms with van der Waals surface area (Å²) in [6, 6.07) is 7.69. The summed E-state index contributed by atoms with van der Waals surface area (Å²) >= 11 is 0. The van der Waals surface area contributed by atoms with E-state index in [1.165, 1.54) is 0 Å². The fourth-order valence-corrected chi connectivity index (χ4v) is 1.62. The molecule has 1 N–H and O–H groups in total. The zero-order valence-corrected chi connectivity index (χ0v) is 8.59. The van der Waals surface area contributed by atoms with Crippen LogP contribution in [0.3, 0.4) is 0 Å². The summed E-state index contributed by atoms with van der Waals surface area (Å²) in [6.45, 7) is 0. The predicted molar refractivity (Wildman–Crippen MR) is 56.6 cm³/mol. The van der Waals surface area contributed by atoms with E-state index in [1.54, 1.807) is 19.4 Å². The molecule has 3 heteroatoms. The molecule has 0 unspecified atom stereocenters. The van der Waals surface area contributed by atoms with Crippen molar-refractivity contribution >= 4 is 0 Å². The second kappa shape index (κ2) is 4.36. The van der Waals surface area contributed by atoms with Crippen molar-refractivity contribution in [2.75, 3.05) is 7.11 Å². The van der Waals surface area contributed by atoms with Crippen molar-refractivity contribution < 1.29 is 14.6 Å². The maximum atomic E-state index is 9.45. The third kappa shape index (κ3) is 2.30. The Labute approximate surface area is 88.9 Å². The quantitative estimate of drug-likeness (QED) is 0.804. The highest BCUT2D eigenvalue weighted by Gasteiger charge is 2.18. The minimum atomic E-state index is -0.411. The van der Waals surface area contributed by atoms with Crippen LogP contribution in [0.2, 0.25) is 0 Å². The molecule has 3 nitrogen and oxygen atoms in total. The number of hydrogen-bond donors (Lipinski definition) is 1. The van der Waals surface area contributed by atoms with Crippen LogP contribution >= 0.6 is 0 Å². The third-order valence-electron chi connectivity index (χ3n) is 2.49. The van der Waals surface area contributed by atoms with E-state index in [4.69, 9.17) is 9.47 Å². The van der Waals surface area contributed by atoms with E-state index in [0.717, 1.165) is 11.3 Å². The third-order valence-corrected chi connectivity index (χ3v) is 2.49. The van der Waals surface area contributed by atoms with Crippen LogP contribution < -0.4 is 4.74 Å². The summed E-state index contributed by atoms with van der Waals surface area (Å²) in [7, 11) is 1.64. The molecule has 80 valence electrons. The maximum Gasteiger partial charge on any atom is 0.126 e. The van der Waals surface area contributed by atoms with Gasteiger partial charge in [0.2, 0.25) is 0 Å². The molecule has 2 rings (SSSR count). The fraction of sp³-hybridized carbons (Fsp3) is 0.333. The predicted octanol–water partition coefficient (Wildman–Crippen LogP) is 2.03. The molecule has 1 aromatic carbocycles. The first-order valence-corrected chi connectivity index (χ1v) is 4.94. The lowest BCUT2D eigenvalue weighted by molar-refractivity contribution is 0.0641. The number of aliphatic hydroxyl groups is 1. The van der Waals surface area contributed by atoms with Gasteiger partial charge in [0, 0.05) is 6.42 Å². The Morgan fingerprint density at radius 3 is 2.67 bits per heavy atom. The van der Waals surface area contributed by atoms with Gasteiger partial charge in [-0.25, -0.2) is 0 Å². The Morgan fingerprint density at radius 2 is 2.07 bits per heavy atom. The van der Waals surface area contributed by atoms with E-state index >= 15 is 0 Å². The van der Waals surface area contributed by atoms with E-state index < -0.39 is 6.10 Å². The van der Waals surface area contributed by atoms with Crippen molar-refractivity contribution in [3.63, 3.8) is 0 Å². The van der Waals surface area contributed by atoms with Crippen LogP contribution in [0.5, 0.6) is 5.75 Å². The van der Waals surface area contributed by atoms with Gasteiger partial charge in [-0.1, -0.05) is 12.1 Å². The Hall–Kier alpha value is -1.48. The van der Waals surface area contributed by atoms with Gasteiger partial charge in [-0.2, -0.15) is 0 Å². The lowest BCUT2D eigenvalue weighted by Crippen LogP contribution is -2.15. The summed E-state index contributed by atoms with van der Waals surface area (Å²) < 4.78 is 10.5. The highest BCUT2D eigenvalue weighted by Crippen LogP contribution is 2.27. The molecule has 0 spiro atoms. The van der Waals surface area contributed by atoms with Gasteiger partial charge >= 0.3 is 0 Å². The second-order valence-corrected chi connectivity index (χ2v) is 3.53. The first kappa shape index (κ1) is 10.1. The van der Waals surface area contributed by atoms with Crippen LogP contribution in [0.1, 0.15) is 18.1 Å². The first-order chi connectivity index (χ1) is 7.29. The highest BCUT2D eigenvalue weighted by molar-refractivity contribution is 5.29. The molecule has 1 aliphatic heterocycles. The lowest BCUT2D eigenvalue weighted by Gasteiger charge is -2.22. The molecule has 15 heavy (non-hydrogen) atoms. The minimum Gasteiger partial charge on any atom is -0.497 e. The summed E-state index contributed by atoms with van der Waals surface area (Å²) in [4.78, 5) is 0. The lowest BCUT2D eigenvalue weighted by atomic mass is 10.0. The van der Waals surface area contributed by atoms with E-state index in [1.807, 2.05) is 24.3 Å².